The van der Waals surface area contributed by atoms with Crippen molar-refractivity contribution in [2.45, 2.75) is 22.6 Å². The van der Waals surface area contributed by atoms with E-state index in [4.69, 9.17) is 5.73 Å². The quantitative estimate of drug-likeness (QED) is 0.748. The Morgan fingerprint density at radius 2 is 2.21 bits per heavy atom. The van der Waals surface area contributed by atoms with Crippen molar-refractivity contribution in [1.29, 1.82) is 0 Å². The van der Waals surface area contributed by atoms with Crippen LogP contribution in [0.25, 0.3) is 10.9 Å². The maximum absolute atomic E-state index is 6.20. The first-order chi connectivity index (χ1) is 9.28. The molecule has 19 heavy (non-hydrogen) atoms. The highest BCUT2D eigenvalue weighted by molar-refractivity contribution is 8.01. The van der Waals surface area contributed by atoms with E-state index in [9.17, 15) is 0 Å². The van der Waals surface area contributed by atoms with Crippen LogP contribution in [0.1, 0.15) is 12.7 Å². The number of nitrogen functional groups attached to an aromatic ring is 1. The van der Waals surface area contributed by atoms with E-state index in [1.165, 1.54) is 11.5 Å². The molecule has 0 amide bonds. The lowest BCUT2D eigenvalue weighted by Gasteiger charge is -2.06. The van der Waals surface area contributed by atoms with Gasteiger partial charge in [-0.15, -0.1) is 0 Å². The molecule has 0 spiro atoms. The zero-order valence-electron chi connectivity index (χ0n) is 10.3. The van der Waals surface area contributed by atoms with Crippen molar-refractivity contribution in [3.63, 3.8) is 0 Å². The molecule has 6 heteroatoms. The van der Waals surface area contributed by atoms with E-state index in [0.717, 1.165) is 38.1 Å². The Morgan fingerprint density at radius 1 is 1.32 bits per heavy atom. The molecule has 1 aromatic carbocycles. The molecule has 0 fully saturated rings. The fraction of sp³-hybridized carbons (Fsp3) is 0.154. The van der Waals surface area contributed by atoms with Gasteiger partial charge in [0.25, 0.3) is 0 Å². The van der Waals surface area contributed by atoms with Crippen LogP contribution in [0.15, 0.2) is 39.7 Å². The van der Waals surface area contributed by atoms with Crippen molar-refractivity contribution < 1.29 is 0 Å². The van der Waals surface area contributed by atoms with E-state index < -0.39 is 0 Å². The molecular formula is C13H12N4S2. The van der Waals surface area contributed by atoms with Crippen LogP contribution < -0.4 is 5.73 Å². The van der Waals surface area contributed by atoms with Gasteiger partial charge in [0.15, 0.2) is 4.34 Å². The Morgan fingerprint density at radius 3 is 3.00 bits per heavy atom. The summed E-state index contributed by atoms with van der Waals surface area (Å²) in [5.41, 5.74) is 7.87. The highest BCUT2D eigenvalue weighted by atomic mass is 32.2. The molecule has 0 radical (unpaired) electrons. The highest BCUT2D eigenvalue weighted by Gasteiger charge is 2.09. The lowest BCUT2D eigenvalue weighted by Crippen LogP contribution is -1.91. The summed E-state index contributed by atoms with van der Waals surface area (Å²) in [5.74, 6) is 0.883. The summed E-state index contributed by atoms with van der Waals surface area (Å²) in [6.45, 7) is 2.05. The SMILES string of the molecule is CCc1nsc(Sc2ccc3ncccc3c2N)n1. The van der Waals surface area contributed by atoms with E-state index in [1.54, 1.807) is 18.0 Å². The second-order valence-electron chi connectivity index (χ2n) is 3.98. The van der Waals surface area contributed by atoms with Crippen LogP contribution in [0.5, 0.6) is 0 Å². The molecule has 2 N–H and O–H groups in total. The third kappa shape index (κ3) is 2.41. The first-order valence-electron chi connectivity index (χ1n) is 5.91. The van der Waals surface area contributed by atoms with Gasteiger partial charge in [-0.1, -0.05) is 18.7 Å². The minimum absolute atomic E-state index is 0.754. The van der Waals surface area contributed by atoms with Crippen LogP contribution in [0.2, 0.25) is 0 Å². The second kappa shape index (κ2) is 5.14. The summed E-state index contributed by atoms with van der Waals surface area (Å²) in [4.78, 5) is 9.74. The summed E-state index contributed by atoms with van der Waals surface area (Å²) in [6, 6.07) is 7.85. The number of aryl methyl sites for hydroxylation is 1. The largest absolute Gasteiger partial charge is 0.397 e. The van der Waals surface area contributed by atoms with Crippen LogP contribution >= 0.6 is 23.3 Å². The van der Waals surface area contributed by atoms with E-state index in [1.807, 2.05) is 31.2 Å². The Bertz CT molecular complexity index is 723. The molecule has 0 saturated carbocycles. The Balaban J connectivity index is 1.98. The molecule has 3 aromatic rings. The molecular weight excluding hydrogens is 276 g/mol. The summed E-state index contributed by atoms with van der Waals surface area (Å²) >= 11 is 2.97. The van der Waals surface area contributed by atoms with Gasteiger partial charge in [0.2, 0.25) is 0 Å². The molecule has 0 bridgehead atoms. The first kappa shape index (κ1) is 12.4. The summed E-state index contributed by atoms with van der Waals surface area (Å²) in [7, 11) is 0. The van der Waals surface area contributed by atoms with Crippen LogP contribution in [0.3, 0.4) is 0 Å². The summed E-state index contributed by atoms with van der Waals surface area (Å²) in [6.07, 6.45) is 2.63. The number of anilines is 1. The Kier molecular flexibility index (Phi) is 3.35. The Hall–Kier alpha value is -1.66. The number of nitrogens with zero attached hydrogens (tertiary/aromatic N) is 3. The number of hydrogen-bond acceptors (Lipinski definition) is 6. The van der Waals surface area contributed by atoms with Gasteiger partial charge in [0.1, 0.15) is 5.82 Å². The lowest BCUT2D eigenvalue weighted by atomic mass is 10.2. The first-order valence-corrected chi connectivity index (χ1v) is 7.50. The van der Waals surface area contributed by atoms with Gasteiger partial charge in [-0.2, -0.15) is 4.37 Å². The predicted molar refractivity (Wildman–Crippen MR) is 79.6 cm³/mol. The molecule has 0 aliphatic carbocycles. The highest BCUT2D eigenvalue weighted by Crippen LogP contribution is 2.36. The van der Waals surface area contributed by atoms with Crippen LogP contribution in [-0.2, 0) is 6.42 Å². The number of nitrogens with two attached hydrogens (primary N) is 1. The number of fused-ring (bicyclic) bond motifs is 1. The van der Waals surface area contributed by atoms with Crippen molar-refractivity contribution in [2.24, 2.45) is 0 Å². The van der Waals surface area contributed by atoms with Crippen LogP contribution in [0, 0.1) is 0 Å². The summed E-state index contributed by atoms with van der Waals surface area (Å²) in [5, 5.41) is 0.979. The third-order valence-electron chi connectivity index (χ3n) is 2.75. The molecule has 0 atom stereocenters. The van der Waals surface area contributed by atoms with Crippen LogP contribution in [0.4, 0.5) is 5.69 Å². The topological polar surface area (TPSA) is 64.7 Å². The van der Waals surface area contributed by atoms with Crippen molar-refractivity contribution in [3.8, 4) is 0 Å². The molecule has 2 aromatic heterocycles. The van der Waals surface area contributed by atoms with Crippen molar-refractivity contribution in [2.75, 3.05) is 5.73 Å². The van der Waals surface area contributed by atoms with Gasteiger partial charge in [-0.25, -0.2) is 4.98 Å². The molecule has 0 aliphatic heterocycles. The van der Waals surface area contributed by atoms with Gasteiger partial charge >= 0.3 is 0 Å². The van der Waals surface area contributed by atoms with E-state index in [-0.39, 0.29) is 0 Å². The van der Waals surface area contributed by atoms with Gasteiger partial charge in [0.05, 0.1) is 11.2 Å². The molecule has 0 unspecified atom stereocenters. The molecule has 4 nitrogen and oxygen atoms in total. The maximum atomic E-state index is 6.20. The number of pyridine rings is 1. The molecule has 96 valence electrons. The average Bonchev–Trinajstić information content (AvgIpc) is 2.90. The summed E-state index contributed by atoms with van der Waals surface area (Å²) < 4.78 is 5.20. The van der Waals surface area contributed by atoms with Gasteiger partial charge in [-0.05, 0) is 35.8 Å². The lowest BCUT2D eigenvalue weighted by molar-refractivity contribution is 0.972. The fourth-order valence-electron chi connectivity index (χ4n) is 1.76. The normalized spacial score (nSPS) is 11.0. The van der Waals surface area contributed by atoms with E-state index >= 15 is 0 Å². The van der Waals surface area contributed by atoms with E-state index in [2.05, 4.69) is 14.3 Å². The van der Waals surface area contributed by atoms with Crippen molar-refractivity contribution in [3.05, 3.63) is 36.3 Å². The fourth-order valence-corrected chi connectivity index (χ4v) is 3.49. The van der Waals surface area contributed by atoms with Crippen molar-refractivity contribution >= 4 is 39.9 Å². The maximum Gasteiger partial charge on any atom is 0.174 e. The molecule has 0 saturated heterocycles. The van der Waals surface area contributed by atoms with Gasteiger partial charge in [-0.3, -0.25) is 4.98 Å². The van der Waals surface area contributed by atoms with Crippen LogP contribution in [-0.4, -0.2) is 14.3 Å². The predicted octanol–water partition coefficient (Wildman–Crippen LogP) is 3.38. The second-order valence-corrected chi connectivity index (χ2v) is 6.02. The minimum Gasteiger partial charge on any atom is -0.397 e. The zero-order valence-corrected chi connectivity index (χ0v) is 12.0. The average molecular weight is 288 g/mol. The number of hydrogen-bond donors (Lipinski definition) is 1. The van der Waals surface area contributed by atoms with E-state index in [0.29, 0.717) is 0 Å². The van der Waals surface area contributed by atoms with Gasteiger partial charge < -0.3 is 5.73 Å². The third-order valence-corrected chi connectivity index (χ3v) is 4.61. The smallest absolute Gasteiger partial charge is 0.174 e. The number of aromatic nitrogens is 3. The molecule has 0 aliphatic rings. The van der Waals surface area contributed by atoms with Gasteiger partial charge in [0, 0.05) is 22.9 Å². The monoisotopic (exact) mass is 288 g/mol. The minimum atomic E-state index is 0.754. The zero-order chi connectivity index (χ0) is 13.2. The molecule has 2 heterocycles. The number of rotatable bonds is 3. The Labute approximate surface area is 119 Å². The molecule has 3 rings (SSSR count). The van der Waals surface area contributed by atoms with Crippen molar-refractivity contribution in [1.82, 2.24) is 14.3 Å². The standard InChI is InChI=1S/C13H12N4S2/c1-2-11-16-13(19-17-11)18-10-6-5-9-8(12(10)14)4-3-7-15-9/h3-7H,2,14H2,1H3. The number of benzene rings is 1.